The maximum Gasteiger partial charge on any atom is 0.181 e. The smallest absolute Gasteiger partial charge is 0.181 e. The van der Waals surface area contributed by atoms with Crippen LogP contribution < -0.4 is 10.5 Å². The third-order valence-electron chi connectivity index (χ3n) is 3.34. The highest BCUT2D eigenvalue weighted by molar-refractivity contribution is 5.60. The standard InChI is InChI=1S/C15H23N3O/c1-3-4-5-6-7-11-19-13-9-8-10-18-14(16)12(2)17-15(13)18/h8-10H,3-7,11,16H2,1-2H3. The number of unbranched alkanes of at least 4 members (excludes halogenated alkanes) is 4. The molecule has 2 aromatic rings. The molecule has 0 unspecified atom stereocenters. The maximum absolute atomic E-state index is 5.96. The van der Waals surface area contributed by atoms with Crippen LogP contribution in [0, 0.1) is 6.92 Å². The van der Waals surface area contributed by atoms with Gasteiger partial charge in [0.1, 0.15) is 5.82 Å². The minimum atomic E-state index is 0.684. The van der Waals surface area contributed by atoms with Gasteiger partial charge in [-0.25, -0.2) is 4.98 Å². The van der Waals surface area contributed by atoms with E-state index in [-0.39, 0.29) is 0 Å². The van der Waals surface area contributed by atoms with Gasteiger partial charge >= 0.3 is 0 Å². The molecule has 0 spiro atoms. The normalized spacial score (nSPS) is 11.1. The molecule has 104 valence electrons. The van der Waals surface area contributed by atoms with Gasteiger partial charge in [-0.15, -0.1) is 0 Å². The van der Waals surface area contributed by atoms with E-state index in [0.717, 1.165) is 30.1 Å². The molecule has 0 fully saturated rings. The van der Waals surface area contributed by atoms with E-state index in [1.54, 1.807) is 0 Å². The number of pyridine rings is 1. The summed E-state index contributed by atoms with van der Waals surface area (Å²) >= 11 is 0. The van der Waals surface area contributed by atoms with E-state index in [2.05, 4.69) is 11.9 Å². The largest absolute Gasteiger partial charge is 0.490 e. The molecule has 0 atom stereocenters. The van der Waals surface area contributed by atoms with Gasteiger partial charge in [0.05, 0.1) is 12.3 Å². The first kappa shape index (κ1) is 13.7. The minimum absolute atomic E-state index is 0.684. The van der Waals surface area contributed by atoms with Crippen molar-refractivity contribution >= 4 is 11.5 Å². The van der Waals surface area contributed by atoms with E-state index in [1.807, 2.05) is 29.7 Å². The molecular weight excluding hydrogens is 238 g/mol. The Balaban J connectivity index is 1.95. The fourth-order valence-corrected chi connectivity index (χ4v) is 2.17. The van der Waals surface area contributed by atoms with Crippen LogP contribution in [0.5, 0.6) is 5.75 Å². The van der Waals surface area contributed by atoms with Crippen molar-refractivity contribution in [3.05, 3.63) is 24.0 Å². The number of aryl methyl sites for hydroxylation is 1. The Labute approximate surface area is 114 Å². The number of ether oxygens (including phenoxy) is 1. The van der Waals surface area contributed by atoms with Gasteiger partial charge in [-0.05, 0) is 25.5 Å². The lowest BCUT2D eigenvalue weighted by Gasteiger charge is -2.07. The highest BCUT2D eigenvalue weighted by Gasteiger charge is 2.09. The predicted octanol–water partition coefficient (Wildman–Crippen LogP) is 3.57. The molecule has 0 aliphatic rings. The second-order valence-corrected chi connectivity index (χ2v) is 4.91. The quantitative estimate of drug-likeness (QED) is 0.775. The van der Waals surface area contributed by atoms with Crippen LogP contribution in [0.4, 0.5) is 5.82 Å². The van der Waals surface area contributed by atoms with Gasteiger partial charge in [0.25, 0.3) is 0 Å². The van der Waals surface area contributed by atoms with Gasteiger partial charge in [0.2, 0.25) is 0 Å². The molecule has 2 N–H and O–H groups in total. The van der Waals surface area contributed by atoms with Crippen LogP contribution in [0.25, 0.3) is 5.65 Å². The van der Waals surface area contributed by atoms with Crippen molar-refractivity contribution in [2.75, 3.05) is 12.3 Å². The van der Waals surface area contributed by atoms with Crippen LogP contribution in [0.2, 0.25) is 0 Å². The van der Waals surface area contributed by atoms with Crippen LogP contribution >= 0.6 is 0 Å². The van der Waals surface area contributed by atoms with Crippen molar-refractivity contribution < 1.29 is 4.74 Å². The van der Waals surface area contributed by atoms with Crippen molar-refractivity contribution in [2.45, 2.75) is 46.0 Å². The number of hydrogen-bond acceptors (Lipinski definition) is 3. The third-order valence-corrected chi connectivity index (χ3v) is 3.34. The maximum atomic E-state index is 5.96. The Morgan fingerprint density at radius 3 is 2.84 bits per heavy atom. The lowest BCUT2D eigenvalue weighted by Crippen LogP contribution is -2.00. The van der Waals surface area contributed by atoms with E-state index in [0.29, 0.717) is 5.82 Å². The van der Waals surface area contributed by atoms with Crippen molar-refractivity contribution in [1.82, 2.24) is 9.38 Å². The van der Waals surface area contributed by atoms with E-state index < -0.39 is 0 Å². The molecule has 0 saturated carbocycles. The highest BCUT2D eigenvalue weighted by atomic mass is 16.5. The molecule has 0 amide bonds. The zero-order valence-corrected chi connectivity index (χ0v) is 11.9. The molecular formula is C15H23N3O. The molecule has 0 aromatic carbocycles. The first-order valence-electron chi connectivity index (χ1n) is 7.10. The summed E-state index contributed by atoms with van der Waals surface area (Å²) in [5.41, 5.74) is 7.62. The summed E-state index contributed by atoms with van der Waals surface area (Å²) in [6, 6.07) is 3.89. The second-order valence-electron chi connectivity index (χ2n) is 4.91. The summed E-state index contributed by atoms with van der Waals surface area (Å²) in [5, 5.41) is 0. The number of nitrogen functional groups attached to an aromatic ring is 1. The third kappa shape index (κ3) is 3.19. The van der Waals surface area contributed by atoms with Crippen LogP contribution in [-0.4, -0.2) is 16.0 Å². The van der Waals surface area contributed by atoms with Gasteiger partial charge < -0.3 is 10.5 Å². The number of nitrogens with zero attached hydrogens (tertiary/aromatic N) is 2. The van der Waals surface area contributed by atoms with Gasteiger partial charge in [-0.1, -0.05) is 32.6 Å². The number of rotatable bonds is 7. The van der Waals surface area contributed by atoms with Crippen molar-refractivity contribution in [3.63, 3.8) is 0 Å². The molecule has 4 heteroatoms. The molecule has 4 nitrogen and oxygen atoms in total. The lowest BCUT2D eigenvalue weighted by molar-refractivity contribution is 0.306. The van der Waals surface area contributed by atoms with E-state index in [9.17, 15) is 0 Å². The molecule has 2 heterocycles. The molecule has 0 aliphatic carbocycles. The highest BCUT2D eigenvalue weighted by Crippen LogP contribution is 2.23. The average molecular weight is 261 g/mol. The summed E-state index contributed by atoms with van der Waals surface area (Å²) in [5.74, 6) is 1.50. The van der Waals surface area contributed by atoms with Crippen molar-refractivity contribution in [3.8, 4) is 5.75 Å². The summed E-state index contributed by atoms with van der Waals surface area (Å²) in [7, 11) is 0. The van der Waals surface area contributed by atoms with E-state index in [4.69, 9.17) is 10.5 Å². The molecule has 0 radical (unpaired) electrons. The minimum Gasteiger partial charge on any atom is -0.490 e. The fraction of sp³-hybridized carbons (Fsp3) is 0.533. The Morgan fingerprint density at radius 2 is 2.05 bits per heavy atom. The zero-order valence-electron chi connectivity index (χ0n) is 11.9. The number of anilines is 1. The number of fused-ring (bicyclic) bond motifs is 1. The van der Waals surface area contributed by atoms with Crippen LogP contribution in [-0.2, 0) is 0 Å². The second kappa shape index (κ2) is 6.45. The van der Waals surface area contributed by atoms with E-state index in [1.165, 1.54) is 25.7 Å². The number of imidazole rings is 1. The number of hydrogen-bond donors (Lipinski definition) is 1. The summed E-state index contributed by atoms with van der Waals surface area (Å²) in [4.78, 5) is 4.45. The zero-order chi connectivity index (χ0) is 13.7. The summed E-state index contributed by atoms with van der Waals surface area (Å²) in [6.07, 6.45) is 8.11. The van der Waals surface area contributed by atoms with Crippen LogP contribution in [0.15, 0.2) is 18.3 Å². The molecule has 19 heavy (non-hydrogen) atoms. The van der Waals surface area contributed by atoms with Gasteiger partial charge in [-0.2, -0.15) is 0 Å². The molecule has 2 rings (SSSR count). The number of aromatic nitrogens is 2. The van der Waals surface area contributed by atoms with Gasteiger partial charge in [0, 0.05) is 6.20 Å². The predicted molar refractivity (Wildman–Crippen MR) is 78.6 cm³/mol. The Hall–Kier alpha value is -1.71. The average Bonchev–Trinajstić information content (AvgIpc) is 2.71. The lowest BCUT2D eigenvalue weighted by atomic mass is 10.2. The van der Waals surface area contributed by atoms with Crippen LogP contribution in [0.1, 0.15) is 44.7 Å². The van der Waals surface area contributed by atoms with Gasteiger partial charge in [-0.3, -0.25) is 4.40 Å². The first-order valence-corrected chi connectivity index (χ1v) is 7.10. The first-order chi connectivity index (χ1) is 9.24. The molecule has 0 bridgehead atoms. The summed E-state index contributed by atoms with van der Waals surface area (Å²) < 4.78 is 7.71. The van der Waals surface area contributed by atoms with Crippen LogP contribution in [0.3, 0.4) is 0 Å². The number of nitrogens with two attached hydrogens (primary N) is 1. The monoisotopic (exact) mass is 261 g/mol. The SMILES string of the molecule is CCCCCCCOc1cccn2c(N)c(C)nc12. The fourth-order valence-electron chi connectivity index (χ4n) is 2.17. The van der Waals surface area contributed by atoms with Crippen molar-refractivity contribution in [1.29, 1.82) is 0 Å². The Kier molecular flexibility index (Phi) is 4.66. The summed E-state index contributed by atoms with van der Waals surface area (Å²) in [6.45, 7) is 4.88. The Bertz CT molecular complexity index is 533. The van der Waals surface area contributed by atoms with Gasteiger partial charge in [0.15, 0.2) is 11.4 Å². The molecule has 2 aromatic heterocycles. The van der Waals surface area contributed by atoms with E-state index >= 15 is 0 Å². The molecule has 0 saturated heterocycles. The topological polar surface area (TPSA) is 52.5 Å². The molecule has 0 aliphatic heterocycles. The Morgan fingerprint density at radius 1 is 1.26 bits per heavy atom. The van der Waals surface area contributed by atoms with Crippen molar-refractivity contribution in [2.24, 2.45) is 0 Å².